The molecule has 4 nitrogen and oxygen atoms in total. The van der Waals surface area contributed by atoms with Crippen LogP contribution in [0, 0.1) is 0 Å². The van der Waals surface area contributed by atoms with Crippen molar-refractivity contribution in [1.82, 2.24) is 4.98 Å². The smallest absolute Gasteiger partial charge is 0.123 e. The van der Waals surface area contributed by atoms with Gasteiger partial charge in [-0.15, -0.1) is 0 Å². The average molecular weight is 209 g/mol. The van der Waals surface area contributed by atoms with E-state index < -0.39 is 0 Å². The molecule has 1 unspecified atom stereocenters. The highest BCUT2D eigenvalue weighted by atomic mass is 16.3. The van der Waals surface area contributed by atoms with Crippen LogP contribution in [-0.4, -0.2) is 22.2 Å². The lowest BCUT2D eigenvalue weighted by Gasteiger charge is -2.30. The van der Waals surface area contributed by atoms with Crippen molar-refractivity contribution in [3.8, 4) is 0 Å². The predicted molar refractivity (Wildman–Crippen MR) is 62.7 cm³/mol. The Kier molecular flexibility index (Phi) is 3.91. The predicted octanol–water partition coefficient (Wildman–Crippen LogP) is 1.63. The number of pyridine rings is 1. The largest absolute Gasteiger partial charge is 0.396 e. The highest BCUT2D eigenvalue weighted by Gasteiger charge is 2.20. The van der Waals surface area contributed by atoms with Gasteiger partial charge in [0.2, 0.25) is 0 Å². The van der Waals surface area contributed by atoms with Crippen molar-refractivity contribution in [2.45, 2.75) is 32.2 Å². The second-order valence-electron chi connectivity index (χ2n) is 3.98. The van der Waals surface area contributed by atoms with Gasteiger partial charge < -0.3 is 16.2 Å². The summed E-state index contributed by atoms with van der Waals surface area (Å²) in [6.07, 6.45) is 3.37. The molecule has 1 aromatic heterocycles. The van der Waals surface area contributed by atoms with Crippen molar-refractivity contribution >= 4 is 11.5 Å². The Morgan fingerprint density at radius 3 is 2.73 bits per heavy atom. The maximum Gasteiger partial charge on any atom is 0.123 e. The van der Waals surface area contributed by atoms with Gasteiger partial charge in [-0.3, -0.25) is 0 Å². The van der Waals surface area contributed by atoms with Gasteiger partial charge in [0.25, 0.3) is 0 Å². The van der Waals surface area contributed by atoms with E-state index in [-0.39, 0.29) is 12.1 Å². The van der Waals surface area contributed by atoms with E-state index in [9.17, 15) is 0 Å². The number of anilines is 2. The number of nitrogens with two attached hydrogens (primary N) is 1. The highest BCUT2D eigenvalue weighted by molar-refractivity contribution is 5.47. The second kappa shape index (κ2) is 4.98. The lowest BCUT2D eigenvalue weighted by molar-refractivity contribution is 0.252. The first-order valence-corrected chi connectivity index (χ1v) is 5.20. The number of rotatable bonds is 5. The fraction of sp³-hybridized carbons (Fsp3) is 0.545. The molecule has 0 saturated carbocycles. The average Bonchev–Trinajstić information content (AvgIpc) is 2.22. The molecule has 4 heteroatoms. The molecular weight excluding hydrogens is 190 g/mol. The van der Waals surface area contributed by atoms with Crippen molar-refractivity contribution in [3.63, 3.8) is 0 Å². The molecule has 0 fully saturated rings. The number of aliphatic hydroxyl groups is 1. The molecule has 1 aromatic rings. The summed E-state index contributed by atoms with van der Waals surface area (Å²) in [5.41, 5.74) is 6.34. The molecule has 1 atom stereocenters. The van der Waals surface area contributed by atoms with Gasteiger partial charge >= 0.3 is 0 Å². The molecule has 0 aliphatic rings. The Hall–Kier alpha value is -1.29. The zero-order valence-corrected chi connectivity index (χ0v) is 9.33. The SMILES string of the molecule is CCC(C)(CCO)Nc1ccc(N)nc1. The standard InChI is InChI=1S/C11H19N3O/c1-3-11(2,6-7-15)14-9-4-5-10(12)13-8-9/h4-5,8,14-15H,3,6-7H2,1-2H3,(H2,12,13). The summed E-state index contributed by atoms with van der Waals surface area (Å²) in [6.45, 7) is 4.35. The molecule has 1 rings (SSSR count). The minimum absolute atomic E-state index is 0.0907. The zero-order valence-electron chi connectivity index (χ0n) is 9.33. The second-order valence-corrected chi connectivity index (χ2v) is 3.98. The minimum Gasteiger partial charge on any atom is -0.396 e. The van der Waals surface area contributed by atoms with Crippen LogP contribution in [0.3, 0.4) is 0 Å². The van der Waals surface area contributed by atoms with E-state index in [0.29, 0.717) is 12.2 Å². The van der Waals surface area contributed by atoms with Crippen LogP contribution < -0.4 is 11.1 Å². The van der Waals surface area contributed by atoms with Gasteiger partial charge in [0, 0.05) is 12.1 Å². The summed E-state index contributed by atoms with van der Waals surface area (Å²) in [5.74, 6) is 0.515. The maximum atomic E-state index is 8.98. The van der Waals surface area contributed by atoms with Crippen LogP contribution in [0.5, 0.6) is 0 Å². The molecule has 0 aliphatic heterocycles. The molecule has 0 bridgehead atoms. The normalized spacial score (nSPS) is 14.6. The van der Waals surface area contributed by atoms with E-state index in [1.165, 1.54) is 0 Å². The van der Waals surface area contributed by atoms with E-state index in [0.717, 1.165) is 12.1 Å². The summed E-state index contributed by atoms with van der Waals surface area (Å²) in [5, 5.41) is 12.3. The first-order valence-electron chi connectivity index (χ1n) is 5.20. The summed E-state index contributed by atoms with van der Waals surface area (Å²) in [6, 6.07) is 3.66. The van der Waals surface area contributed by atoms with Crippen molar-refractivity contribution in [2.75, 3.05) is 17.7 Å². The molecule has 0 spiro atoms. The van der Waals surface area contributed by atoms with Crippen molar-refractivity contribution in [2.24, 2.45) is 0 Å². The molecule has 0 aromatic carbocycles. The van der Waals surface area contributed by atoms with Gasteiger partial charge in [-0.2, -0.15) is 0 Å². The Balaban J connectivity index is 2.70. The van der Waals surface area contributed by atoms with Crippen LogP contribution >= 0.6 is 0 Å². The van der Waals surface area contributed by atoms with Crippen molar-refractivity contribution in [3.05, 3.63) is 18.3 Å². The topological polar surface area (TPSA) is 71.2 Å². The van der Waals surface area contributed by atoms with E-state index in [4.69, 9.17) is 10.8 Å². The Labute approximate surface area is 90.5 Å². The first kappa shape index (κ1) is 11.8. The Morgan fingerprint density at radius 2 is 2.27 bits per heavy atom. The summed E-state index contributed by atoms with van der Waals surface area (Å²) >= 11 is 0. The molecule has 4 N–H and O–H groups in total. The molecular formula is C11H19N3O. The first-order chi connectivity index (χ1) is 7.09. The van der Waals surface area contributed by atoms with Gasteiger partial charge in [-0.1, -0.05) is 6.92 Å². The van der Waals surface area contributed by atoms with Gasteiger partial charge in [0.1, 0.15) is 5.82 Å². The number of aromatic nitrogens is 1. The number of hydrogen-bond donors (Lipinski definition) is 3. The third-order valence-corrected chi connectivity index (χ3v) is 2.68. The van der Waals surface area contributed by atoms with Crippen molar-refractivity contribution < 1.29 is 5.11 Å². The maximum absolute atomic E-state index is 8.98. The lowest BCUT2D eigenvalue weighted by atomic mass is 9.94. The number of nitrogen functional groups attached to an aromatic ring is 1. The van der Waals surface area contributed by atoms with Crippen LogP contribution in [0.2, 0.25) is 0 Å². The third-order valence-electron chi connectivity index (χ3n) is 2.68. The molecule has 0 amide bonds. The van der Waals surface area contributed by atoms with Crippen LogP contribution in [0.4, 0.5) is 11.5 Å². The Bertz CT molecular complexity index is 299. The van der Waals surface area contributed by atoms with E-state index >= 15 is 0 Å². The number of nitrogens with zero attached hydrogens (tertiary/aromatic N) is 1. The number of nitrogens with one attached hydrogen (secondary N) is 1. The Morgan fingerprint density at radius 1 is 1.53 bits per heavy atom. The number of aliphatic hydroxyl groups excluding tert-OH is 1. The van der Waals surface area contributed by atoms with E-state index in [1.807, 2.05) is 6.07 Å². The monoisotopic (exact) mass is 209 g/mol. The molecule has 0 aliphatic carbocycles. The van der Waals surface area contributed by atoms with Gasteiger partial charge in [-0.05, 0) is 31.9 Å². The third kappa shape index (κ3) is 3.40. The lowest BCUT2D eigenvalue weighted by Crippen LogP contribution is -2.35. The summed E-state index contributed by atoms with van der Waals surface area (Å²) in [4.78, 5) is 4.01. The highest BCUT2D eigenvalue weighted by Crippen LogP contribution is 2.21. The van der Waals surface area contributed by atoms with Crippen LogP contribution in [0.15, 0.2) is 18.3 Å². The minimum atomic E-state index is -0.0907. The van der Waals surface area contributed by atoms with Gasteiger partial charge in [0.05, 0.1) is 11.9 Å². The van der Waals surface area contributed by atoms with Crippen LogP contribution in [0.25, 0.3) is 0 Å². The fourth-order valence-electron chi connectivity index (χ4n) is 1.40. The van der Waals surface area contributed by atoms with E-state index in [2.05, 4.69) is 24.1 Å². The molecule has 0 radical (unpaired) electrons. The number of hydrogen-bond acceptors (Lipinski definition) is 4. The van der Waals surface area contributed by atoms with Crippen LogP contribution in [0.1, 0.15) is 26.7 Å². The van der Waals surface area contributed by atoms with Crippen molar-refractivity contribution in [1.29, 1.82) is 0 Å². The fourth-order valence-corrected chi connectivity index (χ4v) is 1.40. The quantitative estimate of drug-likeness (QED) is 0.689. The summed E-state index contributed by atoms with van der Waals surface area (Å²) < 4.78 is 0. The summed E-state index contributed by atoms with van der Waals surface area (Å²) in [7, 11) is 0. The van der Waals surface area contributed by atoms with Gasteiger partial charge in [0.15, 0.2) is 0 Å². The van der Waals surface area contributed by atoms with E-state index in [1.54, 1.807) is 12.3 Å². The molecule has 1 heterocycles. The van der Waals surface area contributed by atoms with Gasteiger partial charge in [-0.25, -0.2) is 4.98 Å². The zero-order chi connectivity index (χ0) is 11.3. The molecule has 15 heavy (non-hydrogen) atoms. The molecule has 0 saturated heterocycles. The molecule has 84 valence electrons. The van der Waals surface area contributed by atoms with Crippen LogP contribution in [-0.2, 0) is 0 Å².